The Bertz CT molecular complexity index is 1250. The van der Waals surface area contributed by atoms with E-state index in [9.17, 15) is 0 Å². The van der Waals surface area contributed by atoms with Crippen molar-refractivity contribution >= 4 is 0 Å². The molecule has 1 aliphatic heterocycles. The van der Waals surface area contributed by atoms with Crippen LogP contribution in [0.25, 0.3) is 22.6 Å². The van der Waals surface area contributed by atoms with Crippen LogP contribution in [0.3, 0.4) is 0 Å². The molecule has 31 heavy (non-hydrogen) atoms. The molecular weight excluding hydrogens is 384 g/mol. The van der Waals surface area contributed by atoms with Crippen LogP contribution in [0.5, 0.6) is 0 Å². The Balaban J connectivity index is 1.31. The molecule has 0 bridgehead atoms. The lowest BCUT2D eigenvalue weighted by Crippen LogP contribution is -2.31. The number of aromatic nitrogens is 4. The molecule has 0 fully saturated rings. The lowest BCUT2D eigenvalue weighted by atomic mass is 10.1. The van der Waals surface area contributed by atoms with Crippen LogP contribution in [0.4, 0.5) is 0 Å². The lowest BCUT2D eigenvalue weighted by Gasteiger charge is -2.27. The molecule has 1 aromatic carbocycles. The fourth-order valence-corrected chi connectivity index (χ4v) is 3.82. The molecule has 0 unspecified atom stereocenters. The van der Waals surface area contributed by atoms with E-state index < -0.39 is 0 Å². The highest BCUT2D eigenvalue weighted by Gasteiger charge is 2.19. The van der Waals surface area contributed by atoms with Gasteiger partial charge in [-0.15, -0.1) is 0 Å². The van der Waals surface area contributed by atoms with Gasteiger partial charge in [-0.1, -0.05) is 18.2 Å². The van der Waals surface area contributed by atoms with Crippen molar-refractivity contribution in [3.63, 3.8) is 0 Å². The summed E-state index contributed by atoms with van der Waals surface area (Å²) in [4.78, 5) is 20.7. The van der Waals surface area contributed by atoms with E-state index in [0.29, 0.717) is 5.56 Å². The van der Waals surface area contributed by atoms with Crippen LogP contribution in [-0.2, 0) is 19.5 Å². The maximum Gasteiger partial charge on any atom is 0.160 e. The van der Waals surface area contributed by atoms with Crippen LogP contribution in [0.1, 0.15) is 22.5 Å². The zero-order valence-electron chi connectivity index (χ0n) is 16.9. The van der Waals surface area contributed by atoms with Crippen molar-refractivity contribution in [3.8, 4) is 28.7 Å². The summed E-state index contributed by atoms with van der Waals surface area (Å²) < 4.78 is 0. The quantitative estimate of drug-likeness (QED) is 0.511. The lowest BCUT2D eigenvalue weighted by molar-refractivity contribution is 0.240. The molecule has 3 aromatic heterocycles. The molecule has 0 atom stereocenters. The van der Waals surface area contributed by atoms with Gasteiger partial charge in [-0.3, -0.25) is 14.9 Å². The van der Waals surface area contributed by atoms with Gasteiger partial charge in [0.25, 0.3) is 0 Å². The normalized spacial score (nSPS) is 13.4. The van der Waals surface area contributed by atoms with Crippen molar-refractivity contribution in [2.24, 2.45) is 0 Å². The van der Waals surface area contributed by atoms with Crippen molar-refractivity contribution in [2.75, 3.05) is 6.54 Å². The number of hydrogen-bond donors (Lipinski definition) is 0. The summed E-state index contributed by atoms with van der Waals surface area (Å²) in [6.45, 7) is 2.51. The molecule has 5 rings (SSSR count). The van der Waals surface area contributed by atoms with Crippen LogP contribution >= 0.6 is 0 Å². The Hall–Kier alpha value is -3.95. The molecule has 0 saturated heterocycles. The molecule has 4 heterocycles. The van der Waals surface area contributed by atoms with Gasteiger partial charge in [0.15, 0.2) is 5.82 Å². The van der Waals surface area contributed by atoms with E-state index in [1.165, 1.54) is 5.56 Å². The Morgan fingerprint density at radius 2 is 1.84 bits per heavy atom. The first-order valence-corrected chi connectivity index (χ1v) is 10.2. The Kier molecular flexibility index (Phi) is 5.17. The molecule has 0 saturated carbocycles. The predicted molar refractivity (Wildman–Crippen MR) is 117 cm³/mol. The Morgan fingerprint density at radius 3 is 2.65 bits per heavy atom. The Morgan fingerprint density at radius 1 is 0.935 bits per heavy atom. The predicted octanol–water partition coefficient (Wildman–Crippen LogP) is 4.03. The fourth-order valence-electron chi connectivity index (χ4n) is 3.82. The van der Waals surface area contributed by atoms with Crippen molar-refractivity contribution in [2.45, 2.75) is 19.5 Å². The van der Waals surface area contributed by atoms with E-state index in [-0.39, 0.29) is 0 Å². The SMILES string of the molecule is N#Cc1ccc(-c2cccc(CN3CCc4nc(-c5cccnc5)ncc4C3)n2)cc1. The molecule has 1 aliphatic rings. The first-order chi connectivity index (χ1) is 15.3. The minimum absolute atomic E-state index is 0.654. The molecule has 4 aromatic rings. The van der Waals surface area contributed by atoms with Crippen LogP contribution < -0.4 is 0 Å². The van der Waals surface area contributed by atoms with Gasteiger partial charge in [0.1, 0.15) is 0 Å². The van der Waals surface area contributed by atoms with Crippen LogP contribution in [0, 0.1) is 11.3 Å². The van der Waals surface area contributed by atoms with Crippen molar-refractivity contribution in [1.82, 2.24) is 24.8 Å². The van der Waals surface area contributed by atoms with Crippen molar-refractivity contribution in [3.05, 3.63) is 95.7 Å². The first kappa shape index (κ1) is 19.0. The monoisotopic (exact) mass is 404 g/mol. The first-order valence-electron chi connectivity index (χ1n) is 10.2. The molecule has 0 aliphatic carbocycles. The second-order valence-corrected chi connectivity index (χ2v) is 7.57. The highest BCUT2D eigenvalue weighted by molar-refractivity contribution is 5.60. The molecule has 0 amide bonds. The average Bonchev–Trinajstić information content (AvgIpc) is 2.84. The maximum atomic E-state index is 8.99. The summed E-state index contributed by atoms with van der Waals surface area (Å²) in [5, 5.41) is 8.99. The third-order valence-electron chi connectivity index (χ3n) is 5.43. The number of hydrogen-bond acceptors (Lipinski definition) is 6. The number of rotatable bonds is 4. The van der Waals surface area contributed by atoms with Crippen LogP contribution in [-0.4, -0.2) is 31.4 Å². The summed E-state index contributed by atoms with van der Waals surface area (Å²) in [5.41, 5.74) is 6.84. The molecule has 0 N–H and O–H groups in total. The van der Waals surface area contributed by atoms with Crippen LogP contribution in [0.15, 0.2) is 73.2 Å². The van der Waals surface area contributed by atoms with E-state index >= 15 is 0 Å². The zero-order valence-corrected chi connectivity index (χ0v) is 16.9. The van der Waals surface area contributed by atoms with Gasteiger partial charge in [-0.2, -0.15) is 5.26 Å². The van der Waals surface area contributed by atoms with E-state index in [1.54, 1.807) is 12.4 Å². The summed E-state index contributed by atoms with van der Waals surface area (Å²) in [7, 11) is 0. The van der Waals surface area contributed by atoms with Crippen LogP contribution in [0.2, 0.25) is 0 Å². The third kappa shape index (κ3) is 4.18. The Labute approximate surface area is 180 Å². The van der Waals surface area contributed by atoms with Gasteiger partial charge in [0.2, 0.25) is 0 Å². The summed E-state index contributed by atoms with van der Waals surface area (Å²) in [6.07, 6.45) is 6.38. The van der Waals surface area contributed by atoms with Gasteiger partial charge < -0.3 is 0 Å². The van der Waals surface area contributed by atoms with E-state index in [1.807, 2.05) is 54.7 Å². The molecule has 6 heteroatoms. The average molecular weight is 404 g/mol. The number of pyridine rings is 2. The van der Waals surface area contributed by atoms with E-state index in [0.717, 1.165) is 60.1 Å². The highest BCUT2D eigenvalue weighted by Crippen LogP contribution is 2.23. The molecular formula is C25H20N6. The summed E-state index contributed by atoms with van der Waals surface area (Å²) in [6, 6.07) is 19.7. The molecule has 0 radical (unpaired) electrons. The van der Waals surface area contributed by atoms with E-state index in [4.69, 9.17) is 15.2 Å². The number of fused-ring (bicyclic) bond motifs is 1. The second kappa shape index (κ2) is 8.42. The minimum atomic E-state index is 0.654. The van der Waals surface area contributed by atoms with Gasteiger partial charge >= 0.3 is 0 Å². The maximum absolute atomic E-state index is 8.99. The summed E-state index contributed by atoms with van der Waals surface area (Å²) in [5.74, 6) is 0.733. The number of nitriles is 1. The fraction of sp³-hybridized carbons (Fsp3) is 0.160. The zero-order chi connectivity index (χ0) is 21.0. The second-order valence-electron chi connectivity index (χ2n) is 7.57. The number of nitrogens with zero attached hydrogens (tertiary/aromatic N) is 6. The van der Waals surface area contributed by atoms with E-state index in [2.05, 4.69) is 27.0 Å². The standard InChI is InChI=1S/C25H20N6/c26-13-18-6-8-19(9-7-18)23-5-1-4-22(29-23)17-31-12-10-24-21(16-31)15-28-25(30-24)20-3-2-11-27-14-20/h1-9,11,14-15H,10,12,16-17H2. The van der Waals surface area contributed by atoms with Gasteiger partial charge in [-0.25, -0.2) is 9.97 Å². The van der Waals surface area contributed by atoms with Crippen molar-refractivity contribution < 1.29 is 0 Å². The summed E-state index contributed by atoms with van der Waals surface area (Å²) >= 11 is 0. The highest BCUT2D eigenvalue weighted by atomic mass is 15.1. The largest absolute Gasteiger partial charge is 0.293 e. The minimum Gasteiger partial charge on any atom is -0.293 e. The van der Waals surface area contributed by atoms with Gasteiger partial charge in [0.05, 0.1) is 28.7 Å². The molecule has 150 valence electrons. The number of benzene rings is 1. The smallest absolute Gasteiger partial charge is 0.160 e. The van der Waals surface area contributed by atoms with Gasteiger partial charge in [0, 0.05) is 61.3 Å². The van der Waals surface area contributed by atoms with Crippen molar-refractivity contribution in [1.29, 1.82) is 5.26 Å². The van der Waals surface area contributed by atoms with Gasteiger partial charge in [-0.05, 0) is 36.4 Å². The molecule has 6 nitrogen and oxygen atoms in total. The topological polar surface area (TPSA) is 78.6 Å². The third-order valence-corrected chi connectivity index (χ3v) is 5.43. The molecule has 0 spiro atoms.